The van der Waals surface area contributed by atoms with Gasteiger partial charge in [-0.1, -0.05) is 42.5 Å². The number of halogens is 2. The summed E-state index contributed by atoms with van der Waals surface area (Å²) in [4.78, 5) is 14.9. The average molecular weight is 351 g/mol. The standard InChI is InChI=1S/C21H15F2NO2/c1-24-17-11-4-2-7-13(17)19(14-8-3-5-12-18(14)24)21(25)26-20-15(22)9-6-10-16(20)23/h2-12,19H,1H3. The van der Waals surface area contributed by atoms with E-state index in [0.717, 1.165) is 34.6 Å². The van der Waals surface area contributed by atoms with Crippen LogP contribution in [0.15, 0.2) is 66.7 Å². The number of hydrogen-bond donors (Lipinski definition) is 0. The molecule has 1 aliphatic heterocycles. The smallest absolute Gasteiger partial charge is 0.323 e. The largest absolute Gasteiger partial charge is 0.420 e. The predicted molar refractivity (Wildman–Crippen MR) is 94.8 cm³/mol. The molecule has 0 unspecified atom stereocenters. The topological polar surface area (TPSA) is 29.5 Å². The van der Waals surface area contributed by atoms with Crippen LogP contribution < -0.4 is 9.64 Å². The summed E-state index contributed by atoms with van der Waals surface area (Å²) < 4.78 is 33.0. The van der Waals surface area contributed by atoms with Crippen LogP contribution in [-0.2, 0) is 4.79 Å². The van der Waals surface area contributed by atoms with E-state index in [9.17, 15) is 13.6 Å². The van der Waals surface area contributed by atoms with Gasteiger partial charge in [0.25, 0.3) is 0 Å². The van der Waals surface area contributed by atoms with Gasteiger partial charge in [0.1, 0.15) is 5.92 Å². The highest BCUT2D eigenvalue weighted by Crippen LogP contribution is 2.45. The second-order valence-corrected chi connectivity index (χ2v) is 6.08. The Morgan fingerprint density at radius 2 is 1.35 bits per heavy atom. The molecule has 1 aliphatic rings. The summed E-state index contributed by atoms with van der Waals surface area (Å²) in [6.45, 7) is 0. The molecule has 26 heavy (non-hydrogen) atoms. The van der Waals surface area contributed by atoms with Crippen LogP contribution in [-0.4, -0.2) is 13.0 Å². The van der Waals surface area contributed by atoms with Gasteiger partial charge in [0.2, 0.25) is 5.75 Å². The van der Waals surface area contributed by atoms with Gasteiger partial charge in [-0.3, -0.25) is 4.79 Å². The van der Waals surface area contributed by atoms with Crippen molar-refractivity contribution in [2.75, 3.05) is 11.9 Å². The van der Waals surface area contributed by atoms with Gasteiger partial charge < -0.3 is 9.64 Å². The van der Waals surface area contributed by atoms with Gasteiger partial charge in [-0.25, -0.2) is 8.78 Å². The van der Waals surface area contributed by atoms with Crippen molar-refractivity contribution in [2.24, 2.45) is 0 Å². The lowest BCUT2D eigenvalue weighted by atomic mass is 9.85. The maximum absolute atomic E-state index is 13.9. The summed E-state index contributed by atoms with van der Waals surface area (Å²) in [7, 11) is 1.91. The Morgan fingerprint density at radius 1 is 0.846 bits per heavy atom. The molecule has 4 rings (SSSR count). The normalized spacial score (nSPS) is 13.1. The van der Waals surface area contributed by atoms with Crippen LogP contribution in [0.25, 0.3) is 0 Å². The Hall–Kier alpha value is -3.21. The van der Waals surface area contributed by atoms with Crippen molar-refractivity contribution < 1.29 is 18.3 Å². The first-order valence-electron chi connectivity index (χ1n) is 8.15. The number of esters is 1. The van der Waals surface area contributed by atoms with Crippen LogP contribution in [0.1, 0.15) is 17.0 Å². The molecule has 0 bridgehead atoms. The zero-order chi connectivity index (χ0) is 18.3. The van der Waals surface area contributed by atoms with Gasteiger partial charge >= 0.3 is 5.97 Å². The Labute approximate surface area is 149 Å². The molecular formula is C21H15F2NO2. The molecular weight excluding hydrogens is 336 g/mol. The molecule has 5 heteroatoms. The Morgan fingerprint density at radius 3 is 1.88 bits per heavy atom. The molecule has 0 fully saturated rings. The van der Waals surface area contributed by atoms with Crippen LogP contribution in [0.2, 0.25) is 0 Å². The third-order valence-corrected chi connectivity index (χ3v) is 4.58. The van der Waals surface area contributed by atoms with Crippen molar-refractivity contribution in [3.8, 4) is 5.75 Å². The molecule has 0 amide bonds. The molecule has 0 aliphatic carbocycles. The number of carbonyl (C=O) groups is 1. The summed E-state index contributed by atoms with van der Waals surface area (Å²) in [5.41, 5.74) is 3.16. The number of carbonyl (C=O) groups excluding carboxylic acids is 1. The number of benzene rings is 3. The Bertz CT molecular complexity index is 935. The van der Waals surface area contributed by atoms with E-state index < -0.39 is 29.3 Å². The third kappa shape index (κ3) is 2.52. The van der Waals surface area contributed by atoms with Crippen LogP contribution in [0, 0.1) is 11.6 Å². The summed E-state index contributed by atoms with van der Waals surface area (Å²) in [6, 6.07) is 18.2. The van der Waals surface area contributed by atoms with E-state index in [2.05, 4.69) is 0 Å². The first-order chi connectivity index (χ1) is 12.6. The Kier molecular flexibility index (Phi) is 3.92. The lowest BCUT2D eigenvalue weighted by Crippen LogP contribution is -2.28. The molecule has 0 saturated heterocycles. The fourth-order valence-electron chi connectivity index (χ4n) is 3.36. The van der Waals surface area contributed by atoms with E-state index in [0.29, 0.717) is 0 Å². The lowest BCUT2D eigenvalue weighted by molar-refractivity contribution is -0.135. The first-order valence-corrected chi connectivity index (χ1v) is 8.15. The minimum absolute atomic E-state index is 0.675. The monoisotopic (exact) mass is 351 g/mol. The van der Waals surface area contributed by atoms with Crippen LogP contribution in [0.5, 0.6) is 5.75 Å². The van der Waals surface area contributed by atoms with Crippen molar-refractivity contribution in [2.45, 2.75) is 5.92 Å². The van der Waals surface area contributed by atoms with Crippen LogP contribution in [0.3, 0.4) is 0 Å². The number of hydrogen-bond acceptors (Lipinski definition) is 3. The van der Waals surface area contributed by atoms with Gasteiger partial charge in [0, 0.05) is 18.4 Å². The van der Waals surface area contributed by atoms with E-state index in [1.54, 1.807) is 0 Å². The summed E-state index contributed by atoms with van der Waals surface area (Å²) in [5.74, 6) is -3.98. The average Bonchev–Trinajstić information content (AvgIpc) is 2.65. The second-order valence-electron chi connectivity index (χ2n) is 6.08. The molecule has 0 atom stereocenters. The van der Waals surface area contributed by atoms with E-state index >= 15 is 0 Å². The molecule has 0 spiro atoms. The van der Waals surface area contributed by atoms with Crippen molar-refractivity contribution >= 4 is 17.3 Å². The van der Waals surface area contributed by atoms with Crippen molar-refractivity contribution in [1.29, 1.82) is 0 Å². The quantitative estimate of drug-likeness (QED) is 0.491. The van der Waals surface area contributed by atoms with Gasteiger partial charge in [-0.2, -0.15) is 0 Å². The SMILES string of the molecule is CN1c2ccccc2C(C(=O)Oc2c(F)cccc2F)c2ccccc21. The maximum Gasteiger partial charge on any atom is 0.323 e. The van der Waals surface area contributed by atoms with Gasteiger partial charge in [-0.05, 0) is 35.4 Å². The van der Waals surface area contributed by atoms with E-state index in [-0.39, 0.29) is 0 Å². The molecule has 3 nitrogen and oxygen atoms in total. The summed E-state index contributed by atoms with van der Waals surface area (Å²) in [5, 5.41) is 0. The number of fused-ring (bicyclic) bond motifs is 2. The van der Waals surface area contributed by atoms with E-state index in [1.165, 1.54) is 6.07 Å². The number of ether oxygens (including phenoxy) is 1. The number of anilines is 2. The highest BCUT2D eigenvalue weighted by Gasteiger charge is 2.35. The molecule has 0 N–H and O–H groups in total. The number of nitrogens with zero attached hydrogens (tertiary/aromatic N) is 1. The number of rotatable bonds is 2. The third-order valence-electron chi connectivity index (χ3n) is 4.58. The van der Waals surface area contributed by atoms with Gasteiger partial charge in [-0.15, -0.1) is 0 Å². The lowest BCUT2D eigenvalue weighted by Gasteiger charge is -2.34. The van der Waals surface area contributed by atoms with E-state index in [4.69, 9.17) is 4.74 Å². The summed E-state index contributed by atoms with van der Waals surface area (Å²) >= 11 is 0. The maximum atomic E-state index is 13.9. The highest BCUT2D eigenvalue weighted by atomic mass is 19.1. The minimum atomic E-state index is -0.909. The first kappa shape index (κ1) is 16.3. The minimum Gasteiger partial charge on any atom is -0.420 e. The highest BCUT2D eigenvalue weighted by molar-refractivity contribution is 5.92. The molecule has 3 aromatic rings. The van der Waals surface area contributed by atoms with Gasteiger partial charge in [0.05, 0.1) is 0 Å². The van der Waals surface area contributed by atoms with E-state index in [1.807, 2.05) is 60.5 Å². The number of para-hydroxylation sites is 3. The summed E-state index contributed by atoms with van der Waals surface area (Å²) in [6.07, 6.45) is 0. The predicted octanol–water partition coefficient (Wildman–Crippen LogP) is 4.78. The van der Waals surface area contributed by atoms with Crippen molar-refractivity contribution in [3.63, 3.8) is 0 Å². The molecule has 0 aromatic heterocycles. The molecule has 0 saturated carbocycles. The zero-order valence-corrected chi connectivity index (χ0v) is 13.9. The Balaban J connectivity index is 1.81. The fourth-order valence-corrected chi connectivity index (χ4v) is 3.36. The zero-order valence-electron chi connectivity index (χ0n) is 13.9. The van der Waals surface area contributed by atoms with Gasteiger partial charge in [0.15, 0.2) is 11.6 Å². The second kappa shape index (κ2) is 6.26. The molecule has 3 aromatic carbocycles. The van der Waals surface area contributed by atoms with Crippen LogP contribution >= 0.6 is 0 Å². The molecule has 130 valence electrons. The molecule has 1 heterocycles. The van der Waals surface area contributed by atoms with Crippen molar-refractivity contribution in [3.05, 3.63) is 89.5 Å². The molecule has 0 radical (unpaired) electrons. The van der Waals surface area contributed by atoms with Crippen LogP contribution in [0.4, 0.5) is 20.2 Å². The fraction of sp³-hybridized carbons (Fsp3) is 0.0952. The van der Waals surface area contributed by atoms with Crippen molar-refractivity contribution in [1.82, 2.24) is 0 Å².